The van der Waals surface area contributed by atoms with E-state index in [9.17, 15) is 4.79 Å². The Kier molecular flexibility index (Phi) is 5.25. The van der Waals surface area contributed by atoms with E-state index in [4.69, 9.17) is 10.5 Å². The largest absolute Gasteiger partial charge is 0.423 e. The molecule has 0 spiro atoms. The number of hydrogen-bond donors (Lipinski definition) is 1. The summed E-state index contributed by atoms with van der Waals surface area (Å²) >= 11 is 0. The van der Waals surface area contributed by atoms with Crippen molar-refractivity contribution in [1.82, 2.24) is 0 Å². The van der Waals surface area contributed by atoms with Crippen LogP contribution in [0.5, 0.6) is 5.75 Å². The Morgan fingerprint density at radius 1 is 0.655 bits per heavy atom. The first kappa shape index (κ1) is 18.3. The van der Waals surface area contributed by atoms with Gasteiger partial charge >= 0.3 is 5.97 Å². The highest BCUT2D eigenvalue weighted by Gasteiger charge is 2.13. The lowest BCUT2D eigenvalue weighted by atomic mass is 10.2. The molecule has 0 heterocycles. The number of anilines is 4. The topological polar surface area (TPSA) is 55.6 Å². The highest BCUT2D eigenvalue weighted by Crippen LogP contribution is 2.34. The molecule has 4 nitrogen and oxygen atoms in total. The second kappa shape index (κ2) is 8.31. The molecule has 0 unspecified atom stereocenters. The molecule has 0 amide bonds. The van der Waals surface area contributed by atoms with Crippen molar-refractivity contribution in [2.75, 3.05) is 10.6 Å². The van der Waals surface area contributed by atoms with Gasteiger partial charge in [-0.15, -0.1) is 0 Å². The number of carbonyl (C=O) groups is 1. The van der Waals surface area contributed by atoms with Crippen LogP contribution in [-0.2, 0) is 0 Å². The van der Waals surface area contributed by atoms with Gasteiger partial charge in [-0.05, 0) is 66.7 Å². The van der Waals surface area contributed by atoms with Crippen LogP contribution in [0.3, 0.4) is 0 Å². The molecule has 0 aliphatic rings. The summed E-state index contributed by atoms with van der Waals surface area (Å²) in [6, 6.07) is 34.4. The van der Waals surface area contributed by atoms with Gasteiger partial charge in [-0.1, -0.05) is 42.5 Å². The minimum Gasteiger partial charge on any atom is -0.423 e. The van der Waals surface area contributed by atoms with E-state index >= 15 is 0 Å². The van der Waals surface area contributed by atoms with Gasteiger partial charge in [-0.3, -0.25) is 0 Å². The summed E-state index contributed by atoms with van der Waals surface area (Å²) in [4.78, 5) is 14.5. The van der Waals surface area contributed by atoms with Gasteiger partial charge < -0.3 is 15.4 Å². The maximum Gasteiger partial charge on any atom is 0.343 e. The maximum atomic E-state index is 12.3. The molecule has 0 radical (unpaired) electrons. The second-order valence-corrected chi connectivity index (χ2v) is 6.52. The summed E-state index contributed by atoms with van der Waals surface area (Å²) in [6.45, 7) is 0. The van der Waals surface area contributed by atoms with Crippen LogP contribution in [0.1, 0.15) is 10.4 Å². The van der Waals surface area contributed by atoms with Crippen molar-refractivity contribution in [3.8, 4) is 5.75 Å². The highest BCUT2D eigenvalue weighted by atomic mass is 16.5. The molecule has 2 N–H and O–H groups in total. The van der Waals surface area contributed by atoms with Gasteiger partial charge in [0.05, 0.1) is 5.56 Å². The third kappa shape index (κ3) is 4.28. The molecular formula is C25H20N2O2. The Morgan fingerprint density at radius 3 is 1.76 bits per heavy atom. The average Bonchev–Trinajstić information content (AvgIpc) is 2.77. The van der Waals surface area contributed by atoms with E-state index in [1.54, 1.807) is 36.4 Å². The van der Waals surface area contributed by atoms with Crippen molar-refractivity contribution in [2.45, 2.75) is 0 Å². The van der Waals surface area contributed by atoms with Gasteiger partial charge in [0.25, 0.3) is 0 Å². The monoisotopic (exact) mass is 380 g/mol. The quantitative estimate of drug-likeness (QED) is 0.264. The van der Waals surface area contributed by atoms with E-state index in [1.807, 2.05) is 48.5 Å². The lowest BCUT2D eigenvalue weighted by Crippen LogP contribution is -2.11. The Morgan fingerprint density at radius 2 is 1.21 bits per heavy atom. The number of nitrogens with zero attached hydrogens (tertiary/aromatic N) is 1. The summed E-state index contributed by atoms with van der Waals surface area (Å²) in [6.07, 6.45) is 0. The van der Waals surface area contributed by atoms with Crippen LogP contribution in [0, 0.1) is 0 Å². The number of esters is 1. The third-order valence-corrected chi connectivity index (χ3v) is 4.46. The first-order chi connectivity index (χ1) is 14.2. The van der Waals surface area contributed by atoms with Crippen LogP contribution in [0.2, 0.25) is 0 Å². The van der Waals surface area contributed by atoms with Crippen molar-refractivity contribution in [3.63, 3.8) is 0 Å². The maximum absolute atomic E-state index is 12.3. The van der Waals surface area contributed by atoms with Gasteiger partial charge in [-0.2, -0.15) is 0 Å². The number of ether oxygens (including phenoxy) is 1. The molecule has 0 atom stereocenters. The molecule has 0 saturated heterocycles. The predicted octanol–water partition coefficient (Wildman–Crippen LogP) is 5.96. The van der Waals surface area contributed by atoms with Gasteiger partial charge in [0, 0.05) is 22.7 Å². The average molecular weight is 380 g/mol. The number of benzene rings is 4. The van der Waals surface area contributed by atoms with Crippen molar-refractivity contribution >= 4 is 28.7 Å². The number of carbonyl (C=O) groups excluding carboxylic acids is 1. The zero-order valence-electron chi connectivity index (χ0n) is 15.7. The number of nitrogens with two attached hydrogens (primary N) is 1. The molecule has 4 aromatic carbocycles. The Balaban J connectivity index is 1.60. The van der Waals surface area contributed by atoms with Gasteiger partial charge in [-0.25, -0.2) is 4.79 Å². The van der Waals surface area contributed by atoms with E-state index in [2.05, 4.69) is 29.2 Å². The van der Waals surface area contributed by atoms with Crippen LogP contribution >= 0.6 is 0 Å². The normalized spacial score (nSPS) is 10.3. The number of nitrogen functional groups attached to an aromatic ring is 1. The minimum atomic E-state index is -0.437. The fraction of sp³-hybridized carbons (Fsp3) is 0. The molecule has 0 bridgehead atoms. The second-order valence-electron chi connectivity index (χ2n) is 6.52. The summed E-state index contributed by atoms with van der Waals surface area (Å²) in [5.74, 6) is 0.0373. The number of hydrogen-bond acceptors (Lipinski definition) is 4. The lowest BCUT2D eigenvalue weighted by Gasteiger charge is -2.25. The standard InChI is InChI=1S/C25H20N2O2/c26-20-9-7-8-19(18-20)25(28)29-24-16-14-23(15-17-24)27(21-10-3-1-4-11-21)22-12-5-2-6-13-22/h1-18H,26H2. The van der Waals surface area contributed by atoms with Crippen LogP contribution < -0.4 is 15.4 Å². The molecule has 0 fully saturated rings. The molecule has 29 heavy (non-hydrogen) atoms. The van der Waals surface area contributed by atoms with E-state index in [1.165, 1.54) is 0 Å². The summed E-state index contributed by atoms with van der Waals surface area (Å²) in [5, 5.41) is 0. The van der Waals surface area contributed by atoms with Crippen molar-refractivity contribution in [3.05, 3.63) is 115 Å². The molecule has 0 aliphatic carbocycles. The van der Waals surface area contributed by atoms with Gasteiger partial charge in [0.15, 0.2) is 0 Å². The fourth-order valence-corrected chi connectivity index (χ4v) is 3.10. The molecule has 4 heteroatoms. The molecule has 0 aromatic heterocycles. The van der Waals surface area contributed by atoms with Crippen molar-refractivity contribution in [1.29, 1.82) is 0 Å². The fourth-order valence-electron chi connectivity index (χ4n) is 3.10. The van der Waals surface area contributed by atoms with Crippen molar-refractivity contribution in [2.24, 2.45) is 0 Å². The van der Waals surface area contributed by atoms with E-state index in [0.29, 0.717) is 17.0 Å². The minimum absolute atomic E-state index is 0.421. The Labute approximate surface area is 169 Å². The molecule has 0 aliphatic heterocycles. The van der Waals surface area contributed by atoms with Crippen LogP contribution in [0.4, 0.5) is 22.7 Å². The smallest absolute Gasteiger partial charge is 0.343 e. The number of rotatable bonds is 5. The molecule has 4 rings (SSSR count). The predicted molar refractivity (Wildman–Crippen MR) is 117 cm³/mol. The molecule has 142 valence electrons. The third-order valence-electron chi connectivity index (χ3n) is 4.46. The van der Waals surface area contributed by atoms with Gasteiger partial charge in [0.2, 0.25) is 0 Å². The first-order valence-corrected chi connectivity index (χ1v) is 9.29. The Hall–Kier alpha value is -4.05. The van der Waals surface area contributed by atoms with Crippen LogP contribution in [0.25, 0.3) is 0 Å². The molecule has 0 saturated carbocycles. The van der Waals surface area contributed by atoms with E-state index < -0.39 is 5.97 Å². The summed E-state index contributed by atoms with van der Waals surface area (Å²) < 4.78 is 5.49. The van der Waals surface area contributed by atoms with Crippen LogP contribution in [-0.4, -0.2) is 5.97 Å². The van der Waals surface area contributed by atoms with Crippen LogP contribution in [0.15, 0.2) is 109 Å². The Bertz CT molecular complexity index is 1050. The van der Waals surface area contributed by atoms with E-state index in [-0.39, 0.29) is 0 Å². The summed E-state index contributed by atoms with van der Waals surface area (Å²) in [7, 11) is 0. The SMILES string of the molecule is Nc1cccc(C(=O)Oc2ccc(N(c3ccccc3)c3ccccc3)cc2)c1. The zero-order valence-corrected chi connectivity index (χ0v) is 15.7. The number of para-hydroxylation sites is 2. The van der Waals surface area contributed by atoms with E-state index in [0.717, 1.165) is 17.1 Å². The van der Waals surface area contributed by atoms with Crippen molar-refractivity contribution < 1.29 is 9.53 Å². The molecular weight excluding hydrogens is 360 g/mol. The highest BCUT2D eigenvalue weighted by molar-refractivity contribution is 5.92. The van der Waals surface area contributed by atoms with Gasteiger partial charge in [0.1, 0.15) is 5.75 Å². The summed E-state index contributed by atoms with van der Waals surface area (Å²) in [5.41, 5.74) is 9.74. The zero-order chi connectivity index (χ0) is 20.1. The molecule has 4 aromatic rings. The first-order valence-electron chi connectivity index (χ1n) is 9.29. The lowest BCUT2D eigenvalue weighted by molar-refractivity contribution is 0.0735.